The molecule has 29 heavy (non-hydrogen) atoms. The highest BCUT2D eigenvalue weighted by atomic mass is 35.5. The lowest BCUT2D eigenvalue weighted by Gasteiger charge is -2.06. The van der Waals surface area contributed by atoms with Gasteiger partial charge in [-0.1, -0.05) is 23.2 Å². The second-order valence-electron chi connectivity index (χ2n) is 6.18. The van der Waals surface area contributed by atoms with Crippen molar-refractivity contribution in [3.63, 3.8) is 0 Å². The maximum absolute atomic E-state index is 12.9. The molecular formula is C16H18Cl2F2N8O. The third kappa shape index (κ3) is 5.99. The smallest absolute Gasteiger partial charge is 0.312 e. The molecule has 0 radical (unpaired) electrons. The summed E-state index contributed by atoms with van der Waals surface area (Å²) in [6.07, 6.45) is 1.10. The molecule has 0 bridgehead atoms. The van der Waals surface area contributed by atoms with Gasteiger partial charge < -0.3 is 14.7 Å². The van der Waals surface area contributed by atoms with Crippen molar-refractivity contribution in [3.8, 4) is 0 Å². The van der Waals surface area contributed by atoms with Crippen LogP contribution in [0.25, 0.3) is 22.3 Å². The Hall–Kier alpha value is -2.50. The Morgan fingerprint density at radius 2 is 1.55 bits per heavy atom. The van der Waals surface area contributed by atoms with E-state index < -0.39 is 12.2 Å². The number of imidazole rings is 2. The average Bonchev–Trinajstić information content (AvgIpc) is 3.21. The molecule has 0 aliphatic rings. The van der Waals surface area contributed by atoms with Crippen LogP contribution in [0, 0.1) is 12.2 Å². The van der Waals surface area contributed by atoms with Crippen LogP contribution in [0.3, 0.4) is 0 Å². The Bertz CT molecular complexity index is 1100. The highest BCUT2D eigenvalue weighted by Gasteiger charge is 2.12. The molecule has 0 spiro atoms. The van der Waals surface area contributed by atoms with Gasteiger partial charge in [0.05, 0.1) is 12.7 Å². The lowest BCUT2D eigenvalue weighted by atomic mass is 10.4. The second kappa shape index (κ2) is 9.81. The van der Waals surface area contributed by atoms with Gasteiger partial charge >= 0.3 is 12.2 Å². The van der Waals surface area contributed by atoms with Crippen LogP contribution in [0.2, 0.25) is 10.3 Å². The lowest BCUT2D eigenvalue weighted by Crippen LogP contribution is -2.01. The highest BCUT2D eigenvalue weighted by Crippen LogP contribution is 2.20. The predicted molar refractivity (Wildman–Crippen MR) is 105 cm³/mol. The van der Waals surface area contributed by atoms with E-state index in [2.05, 4.69) is 34.9 Å². The number of nitrogens with zero attached hydrogens (tertiary/aromatic N) is 7. The molecule has 4 aromatic rings. The molecule has 0 aliphatic heterocycles. The van der Waals surface area contributed by atoms with E-state index >= 15 is 0 Å². The van der Waals surface area contributed by atoms with Crippen LogP contribution in [0.1, 0.15) is 33.7 Å². The maximum atomic E-state index is 12.9. The summed E-state index contributed by atoms with van der Waals surface area (Å²) in [6.45, 7) is 7.35. The van der Waals surface area contributed by atoms with Gasteiger partial charge in [0.15, 0.2) is 21.6 Å². The summed E-state index contributed by atoms with van der Waals surface area (Å²) in [4.78, 5) is 24.1. The largest absolute Gasteiger partial charge is 0.394 e. The number of aromatic nitrogens is 8. The average molecular weight is 447 g/mol. The number of nitrogens with one attached hydrogen (secondary N) is 1. The van der Waals surface area contributed by atoms with E-state index in [0.29, 0.717) is 16.7 Å². The van der Waals surface area contributed by atoms with Crippen molar-refractivity contribution in [2.45, 2.75) is 39.8 Å². The summed E-state index contributed by atoms with van der Waals surface area (Å²) >= 11 is 11.3. The Kier molecular flexibility index (Phi) is 7.71. The Morgan fingerprint density at radius 3 is 2.17 bits per heavy atom. The van der Waals surface area contributed by atoms with Gasteiger partial charge in [0, 0.05) is 12.1 Å². The Labute approximate surface area is 174 Å². The van der Waals surface area contributed by atoms with Gasteiger partial charge in [-0.15, -0.1) is 0 Å². The number of hydrogen-bond acceptors (Lipinski definition) is 7. The van der Waals surface area contributed by atoms with Crippen LogP contribution >= 0.6 is 23.2 Å². The molecule has 0 saturated heterocycles. The highest BCUT2D eigenvalue weighted by molar-refractivity contribution is 6.33. The zero-order chi connectivity index (χ0) is 21.7. The molecule has 0 aliphatic carbocycles. The SMILES string of the molecule is CC(C)O.CC(C)n1cnc2c(Cl)nc(F)nc21.Fc1nc(Cl)c2[nH]cnc2n1. The summed E-state index contributed by atoms with van der Waals surface area (Å²) in [5.41, 5.74) is 1.55. The minimum atomic E-state index is -0.866. The van der Waals surface area contributed by atoms with Crippen molar-refractivity contribution in [3.05, 3.63) is 35.1 Å². The molecule has 0 amide bonds. The van der Waals surface area contributed by atoms with Crippen LogP contribution in [-0.2, 0) is 0 Å². The number of fused-ring (bicyclic) bond motifs is 2. The molecule has 0 fully saturated rings. The normalized spacial score (nSPS) is 10.9. The summed E-state index contributed by atoms with van der Waals surface area (Å²) in [6, 6.07) is 0.158. The van der Waals surface area contributed by atoms with Crippen molar-refractivity contribution in [2.24, 2.45) is 0 Å². The molecule has 9 nitrogen and oxygen atoms in total. The summed E-state index contributed by atoms with van der Waals surface area (Å²) < 4.78 is 27.0. The van der Waals surface area contributed by atoms with Gasteiger partial charge in [0.1, 0.15) is 11.0 Å². The minimum absolute atomic E-state index is 0.0463. The van der Waals surface area contributed by atoms with Gasteiger partial charge in [-0.2, -0.15) is 28.7 Å². The van der Waals surface area contributed by atoms with Crippen molar-refractivity contribution in [2.75, 3.05) is 0 Å². The first kappa shape index (κ1) is 22.8. The molecule has 156 valence electrons. The zero-order valence-corrected chi connectivity index (χ0v) is 17.4. The van der Waals surface area contributed by atoms with Gasteiger partial charge in [-0.25, -0.2) is 9.97 Å². The van der Waals surface area contributed by atoms with Crippen molar-refractivity contribution in [1.82, 2.24) is 39.5 Å². The summed E-state index contributed by atoms with van der Waals surface area (Å²) in [7, 11) is 0. The van der Waals surface area contributed by atoms with E-state index in [1.54, 1.807) is 24.7 Å². The van der Waals surface area contributed by atoms with Gasteiger partial charge in [-0.3, -0.25) is 0 Å². The molecule has 0 saturated carbocycles. The first-order chi connectivity index (χ1) is 13.6. The summed E-state index contributed by atoms with van der Waals surface area (Å²) in [5.74, 6) is 0. The standard InChI is InChI=1S/C8H8ClFN4.C5H2ClFN4.C3H8O/c1-4(2)14-3-11-5-6(9)12-8(10)13-7(5)14;6-3-2-4(9-1-8-2)11-5(7)10-3;1-3(2)4/h3-4H,1-2H3;1H,(H,8,9,10,11);3-4H,1-2H3. The molecule has 2 N–H and O–H groups in total. The number of halogens is 4. The maximum Gasteiger partial charge on any atom is 0.312 e. The van der Waals surface area contributed by atoms with E-state index in [9.17, 15) is 8.78 Å². The van der Waals surface area contributed by atoms with E-state index in [4.69, 9.17) is 28.3 Å². The van der Waals surface area contributed by atoms with Crippen LogP contribution in [0.5, 0.6) is 0 Å². The van der Waals surface area contributed by atoms with Crippen molar-refractivity contribution in [1.29, 1.82) is 0 Å². The van der Waals surface area contributed by atoms with Gasteiger partial charge in [0.25, 0.3) is 0 Å². The van der Waals surface area contributed by atoms with Crippen LogP contribution in [0.15, 0.2) is 12.7 Å². The predicted octanol–water partition coefficient (Wildman–Crippen LogP) is 3.73. The van der Waals surface area contributed by atoms with Crippen LogP contribution in [0.4, 0.5) is 8.78 Å². The molecule has 4 aromatic heterocycles. The molecule has 0 unspecified atom stereocenters. The fourth-order valence-corrected chi connectivity index (χ4v) is 2.42. The fraction of sp³-hybridized carbons (Fsp3) is 0.375. The number of aliphatic hydroxyl groups excluding tert-OH is 1. The minimum Gasteiger partial charge on any atom is -0.394 e. The number of aromatic amines is 1. The zero-order valence-electron chi connectivity index (χ0n) is 15.9. The fourth-order valence-electron chi connectivity index (χ4n) is 2.01. The van der Waals surface area contributed by atoms with Crippen LogP contribution < -0.4 is 0 Å². The van der Waals surface area contributed by atoms with E-state index in [1.807, 2.05) is 13.8 Å². The summed E-state index contributed by atoms with van der Waals surface area (Å²) in [5, 5.41) is 8.15. The molecule has 4 rings (SSSR count). The van der Waals surface area contributed by atoms with Crippen molar-refractivity contribution >= 4 is 45.5 Å². The number of hydrogen-bond donors (Lipinski definition) is 2. The number of rotatable bonds is 1. The van der Waals surface area contributed by atoms with Gasteiger partial charge in [-0.05, 0) is 27.7 Å². The lowest BCUT2D eigenvalue weighted by molar-refractivity contribution is 0.216. The number of H-pyrrole nitrogens is 1. The molecule has 13 heteroatoms. The van der Waals surface area contributed by atoms with Crippen molar-refractivity contribution < 1.29 is 13.9 Å². The first-order valence-electron chi connectivity index (χ1n) is 8.35. The Morgan fingerprint density at radius 1 is 0.966 bits per heavy atom. The van der Waals surface area contributed by atoms with Crippen LogP contribution in [-0.4, -0.2) is 50.7 Å². The van der Waals surface area contributed by atoms with Gasteiger partial charge in [0.2, 0.25) is 0 Å². The molecule has 0 aromatic carbocycles. The molecular weight excluding hydrogens is 429 g/mol. The quantitative estimate of drug-likeness (QED) is 0.337. The first-order valence-corrected chi connectivity index (χ1v) is 9.11. The van der Waals surface area contributed by atoms with E-state index in [1.165, 1.54) is 6.33 Å². The van der Waals surface area contributed by atoms with E-state index in [-0.39, 0.29) is 28.1 Å². The molecule has 4 heterocycles. The molecule has 0 atom stereocenters. The Balaban J connectivity index is 0.000000179. The van der Waals surface area contributed by atoms with E-state index in [0.717, 1.165) is 0 Å². The second-order valence-corrected chi connectivity index (χ2v) is 6.90. The number of aliphatic hydroxyl groups is 1. The topological polar surface area (TPSA) is 118 Å². The third-order valence-electron chi connectivity index (χ3n) is 3.12. The third-order valence-corrected chi connectivity index (χ3v) is 3.66. The monoisotopic (exact) mass is 446 g/mol.